The van der Waals surface area contributed by atoms with E-state index in [1.807, 2.05) is 42.3 Å². The van der Waals surface area contributed by atoms with E-state index in [1.54, 1.807) is 0 Å². The maximum absolute atomic E-state index is 12.1. The summed E-state index contributed by atoms with van der Waals surface area (Å²) in [6.07, 6.45) is 2.27. The Morgan fingerprint density at radius 3 is 2.62 bits per heavy atom. The van der Waals surface area contributed by atoms with Gasteiger partial charge < -0.3 is 4.90 Å². The minimum atomic E-state index is -0.164. The molecule has 2 atom stereocenters. The van der Waals surface area contributed by atoms with Gasteiger partial charge in [0, 0.05) is 7.05 Å². The van der Waals surface area contributed by atoms with E-state index in [1.165, 1.54) is 0 Å². The monoisotopic (exact) mass is 218 g/mol. The summed E-state index contributed by atoms with van der Waals surface area (Å²) in [6, 6.07) is 9.74. The Hall–Kier alpha value is -1.35. The Balaban J connectivity index is 2.16. The molecule has 0 aromatic heterocycles. The largest absolute Gasteiger partial charge is 0.329 e. The first-order chi connectivity index (χ1) is 7.74. The highest BCUT2D eigenvalue weighted by Crippen LogP contribution is 2.24. The van der Waals surface area contributed by atoms with Crippen molar-refractivity contribution in [3.8, 4) is 0 Å². The summed E-state index contributed by atoms with van der Waals surface area (Å²) in [5.74, 6) is 0.171. The van der Waals surface area contributed by atoms with Crippen LogP contribution in [0.2, 0.25) is 0 Å². The number of amides is 1. The third kappa shape index (κ3) is 1.95. The van der Waals surface area contributed by atoms with E-state index in [4.69, 9.17) is 0 Å². The van der Waals surface area contributed by atoms with E-state index in [0.717, 1.165) is 18.4 Å². The number of hydrogen-bond acceptors (Lipinski definition) is 2. The Kier molecular flexibility index (Phi) is 3.25. The number of rotatable bonds is 3. The van der Waals surface area contributed by atoms with Crippen LogP contribution in [0.4, 0.5) is 0 Å². The highest BCUT2D eigenvalue weighted by atomic mass is 16.2. The average Bonchev–Trinajstić information content (AvgIpc) is 2.59. The average molecular weight is 218 g/mol. The quantitative estimate of drug-likeness (QED) is 0.840. The van der Waals surface area contributed by atoms with Crippen LogP contribution in [0.15, 0.2) is 30.3 Å². The van der Waals surface area contributed by atoms with Gasteiger partial charge in [-0.2, -0.15) is 0 Å². The van der Waals surface area contributed by atoms with E-state index in [2.05, 4.69) is 12.2 Å². The summed E-state index contributed by atoms with van der Waals surface area (Å²) < 4.78 is 0. The molecular formula is C13H18N2O. The third-order valence-corrected chi connectivity index (χ3v) is 3.12. The maximum atomic E-state index is 12.1. The molecule has 86 valence electrons. The maximum Gasteiger partial charge on any atom is 0.245 e. The molecule has 1 aliphatic rings. The van der Waals surface area contributed by atoms with Gasteiger partial charge in [-0.05, 0) is 12.0 Å². The number of hydrogen-bond donors (Lipinski definition) is 1. The number of benzene rings is 1. The molecule has 1 heterocycles. The van der Waals surface area contributed by atoms with Crippen LogP contribution in [0, 0.1) is 0 Å². The highest BCUT2D eigenvalue weighted by molar-refractivity contribution is 5.85. The predicted molar refractivity (Wildman–Crippen MR) is 63.8 cm³/mol. The molecule has 1 saturated heterocycles. The van der Waals surface area contributed by atoms with Gasteiger partial charge in [-0.3, -0.25) is 10.1 Å². The van der Waals surface area contributed by atoms with Crippen molar-refractivity contribution in [3.63, 3.8) is 0 Å². The lowest BCUT2D eigenvalue weighted by Gasteiger charge is -2.17. The predicted octanol–water partition coefficient (Wildman–Crippen LogP) is 1.92. The molecule has 2 unspecified atom stereocenters. The number of likely N-dealkylation sites (N-methyl/N-ethyl adjacent to an activating group) is 1. The lowest BCUT2D eigenvalue weighted by molar-refractivity contribution is -0.128. The van der Waals surface area contributed by atoms with E-state index >= 15 is 0 Å². The van der Waals surface area contributed by atoms with Crippen LogP contribution in [0.5, 0.6) is 0 Å². The van der Waals surface area contributed by atoms with Crippen LogP contribution in [0.3, 0.4) is 0 Å². The first-order valence-electron chi connectivity index (χ1n) is 5.81. The zero-order chi connectivity index (χ0) is 11.5. The minimum absolute atomic E-state index is 0.164. The minimum Gasteiger partial charge on any atom is -0.329 e. The van der Waals surface area contributed by atoms with Gasteiger partial charge in [0.05, 0.1) is 6.17 Å². The van der Waals surface area contributed by atoms with E-state index in [9.17, 15) is 4.79 Å². The van der Waals surface area contributed by atoms with Crippen molar-refractivity contribution in [2.45, 2.75) is 32.0 Å². The molecule has 1 aromatic rings. The highest BCUT2D eigenvalue weighted by Gasteiger charge is 2.36. The molecule has 1 amide bonds. The van der Waals surface area contributed by atoms with Crippen molar-refractivity contribution < 1.29 is 4.79 Å². The zero-order valence-corrected chi connectivity index (χ0v) is 9.81. The van der Waals surface area contributed by atoms with Gasteiger partial charge in [-0.25, -0.2) is 0 Å². The SMILES string of the molecule is CCCC1NC(c2ccccc2)C(=O)N1C. The summed E-state index contributed by atoms with van der Waals surface area (Å²) in [5.41, 5.74) is 1.05. The van der Waals surface area contributed by atoms with Gasteiger partial charge in [0.15, 0.2) is 0 Å². The van der Waals surface area contributed by atoms with Crippen LogP contribution < -0.4 is 5.32 Å². The van der Waals surface area contributed by atoms with Crippen molar-refractivity contribution in [2.75, 3.05) is 7.05 Å². The van der Waals surface area contributed by atoms with Crippen LogP contribution >= 0.6 is 0 Å². The van der Waals surface area contributed by atoms with Gasteiger partial charge in [0.2, 0.25) is 5.91 Å². The summed E-state index contributed by atoms with van der Waals surface area (Å²) in [7, 11) is 1.87. The van der Waals surface area contributed by atoms with Crippen LogP contribution in [-0.2, 0) is 4.79 Å². The second-order valence-electron chi connectivity index (χ2n) is 4.26. The molecule has 3 nitrogen and oxygen atoms in total. The molecule has 0 bridgehead atoms. The Morgan fingerprint density at radius 1 is 1.31 bits per heavy atom. The lowest BCUT2D eigenvalue weighted by atomic mass is 10.1. The van der Waals surface area contributed by atoms with Crippen LogP contribution in [0.25, 0.3) is 0 Å². The molecule has 0 radical (unpaired) electrons. The Morgan fingerprint density at radius 2 is 2.00 bits per heavy atom. The molecule has 1 fully saturated rings. The molecule has 1 aliphatic heterocycles. The summed E-state index contributed by atoms with van der Waals surface area (Å²) in [5, 5.41) is 3.38. The molecule has 16 heavy (non-hydrogen) atoms. The first-order valence-corrected chi connectivity index (χ1v) is 5.81. The van der Waals surface area contributed by atoms with E-state index < -0.39 is 0 Å². The zero-order valence-electron chi connectivity index (χ0n) is 9.81. The van der Waals surface area contributed by atoms with Crippen molar-refractivity contribution in [3.05, 3.63) is 35.9 Å². The second kappa shape index (κ2) is 4.66. The van der Waals surface area contributed by atoms with E-state index in [-0.39, 0.29) is 18.1 Å². The van der Waals surface area contributed by atoms with Gasteiger partial charge >= 0.3 is 0 Å². The number of nitrogens with one attached hydrogen (secondary N) is 1. The molecule has 0 spiro atoms. The van der Waals surface area contributed by atoms with Crippen molar-refractivity contribution in [2.24, 2.45) is 0 Å². The Labute approximate surface area is 96.5 Å². The van der Waals surface area contributed by atoms with Gasteiger partial charge in [0.1, 0.15) is 6.04 Å². The normalized spacial score (nSPS) is 25.1. The molecule has 0 saturated carbocycles. The van der Waals surface area contributed by atoms with Crippen molar-refractivity contribution >= 4 is 5.91 Å². The fourth-order valence-electron chi connectivity index (χ4n) is 2.17. The third-order valence-electron chi connectivity index (χ3n) is 3.12. The number of carbonyl (C=O) groups is 1. The van der Waals surface area contributed by atoms with Gasteiger partial charge in [0.25, 0.3) is 0 Å². The Bertz CT molecular complexity index is 363. The summed E-state index contributed by atoms with van der Waals surface area (Å²) in [4.78, 5) is 13.9. The molecule has 1 N–H and O–H groups in total. The van der Waals surface area contributed by atoms with Gasteiger partial charge in [-0.1, -0.05) is 43.7 Å². The second-order valence-corrected chi connectivity index (χ2v) is 4.26. The number of carbonyl (C=O) groups excluding carboxylic acids is 1. The first kappa shape index (κ1) is 11.1. The van der Waals surface area contributed by atoms with Crippen LogP contribution in [0.1, 0.15) is 31.4 Å². The van der Waals surface area contributed by atoms with Crippen molar-refractivity contribution in [1.29, 1.82) is 0 Å². The van der Waals surface area contributed by atoms with Crippen molar-refractivity contribution in [1.82, 2.24) is 10.2 Å². The summed E-state index contributed by atoms with van der Waals surface area (Å²) >= 11 is 0. The van der Waals surface area contributed by atoms with E-state index in [0.29, 0.717) is 0 Å². The topological polar surface area (TPSA) is 32.3 Å². The molecule has 3 heteroatoms. The molecule has 2 rings (SSSR count). The fourth-order valence-corrected chi connectivity index (χ4v) is 2.17. The standard InChI is InChI=1S/C13H18N2O/c1-3-7-11-14-12(13(16)15(11)2)10-8-5-4-6-9-10/h4-6,8-9,11-12,14H,3,7H2,1-2H3. The molecule has 1 aromatic carbocycles. The molecular weight excluding hydrogens is 200 g/mol. The fraction of sp³-hybridized carbons (Fsp3) is 0.462. The lowest BCUT2D eigenvalue weighted by Crippen LogP contribution is -2.33. The van der Waals surface area contributed by atoms with Gasteiger partial charge in [-0.15, -0.1) is 0 Å². The number of nitrogens with zero attached hydrogens (tertiary/aromatic N) is 1. The molecule has 0 aliphatic carbocycles. The van der Waals surface area contributed by atoms with Crippen LogP contribution in [-0.4, -0.2) is 24.0 Å². The smallest absolute Gasteiger partial charge is 0.245 e. The summed E-state index contributed by atoms with van der Waals surface area (Å²) in [6.45, 7) is 2.13.